The minimum absolute atomic E-state index is 0.359. The fourth-order valence-corrected chi connectivity index (χ4v) is 2.27. The summed E-state index contributed by atoms with van der Waals surface area (Å²) < 4.78 is 0. The second-order valence-corrected chi connectivity index (χ2v) is 4.99. The van der Waals surface area contributed by atoms with Crippen LogP contribution in [0.15, 0.2) is 18.3 Å². The van der Waals surface area contributed by atoms with Crippen LogP contribution in [0.5, 0.6) is 0 Å². The van der Waals surface area contributed by atoms with Crippen LogP contribution in [-0.2, 0) is 0 Å². The van der Waals surface area contributed by atoms with Crippen LogP contribution in [0.2, 0.25) is 0 Å². The highest BCUT2D eigenvalue weighted by molar-refractivity contribution is 5.48. The van der Waals surface area contributed by atoms with E-state index in [0.29, 0.717) is 6.04 Å². The molecular formula is C14H25N3O. The topological polar surface area (TPSA) is 39.6 Å². The molecule has 0 bridgehead atoms. The van der Waals surface area contributed by atoms with Crippen molar-refractivity contribution in [3.05, 3.63) is 23.9 Å². The van der Waals surface area contributed by atoms with Gasteiger partial charge >= 0.3 is 0 Å². The van der Waals surface area contributed by atoms with Crippen molar-refractivity contribution in [1.29, 1.82) is 0 Å². The molecule has 0 saturated carbocycles. The second-order valence-electron chi connectivity index (χ2n) is 4.99. The zero-order chi connectivity index (χ0) is 13.7. The van der Waals surface area contributed by atoms with Crippen LogP contribution in [0.1, 0.15) is 32.4 Å². The Labute approximate surface area is 110 Å². The largest absolute Gasteiger partial charge is 0.389 e. The van der Waals surface area contributed by atoms with Crippen LogP contribution >= 0.6 is 0 Å². The van der Waals surface area contributed by atoms with Gasteiger partial charge in [0.1, 0.15) is 5.82 Å². The van der Waals surface area contributed by atoms with Gasteiger partial charge in [0, 0.05) is 30.9 Å². The SMILES string of the molecule is CCN(c1ncccc1C(C)O)C(C)CN(C)C. The maximum atomic E-state index is 9.84. The Morgan fingerprint density at radius 3 is 2.50 bits per heavy atom. The Balaban J connectivity index is 3.01. The molecule has 1 N–H and O–H groups in total. The molecule has 0 amide bonds. The van der Waals surface area contributed by atoms with Crippen LogP contribution in [0.25, 0.3) is 0 Å². The average molecular weight is 251 g/mol. The van der Waals surface area contributed by atoms with Gasteiger partial charge in [0.25, 0.3) is 0 Å². The molecule has 0 radical (unpaired) electrons. The third-order valence-electron chi connectivity index (χ3n) is 3.04. The van der Waals surface area contributed by atoms with Crippen LogP contribution in [-0.4, -0.2) is 48.2 Å². The summed E-state index contributed by atoms with van der Waals surface area (Å²) in [6.07, 6.45) is 1.29. The van der Waals surface area contributed by atoms with Crippen molar-refractivity contribution in [3.8, 4) is 0 Å². The lowest BCUT2D eigenvalue weighted by atomic mass is 10.1. The second kappa shape index (κ2) is 6.71. The highest BCUT2D eigenvalue weighted by atomic mass is 16.3. The molecule has 0 aliphatic carbocycles. The molecule has 4 heteroatoms. The van der Waals surface area contributed by atoms with Gasteiger partial charge in [0.05, 0.1) is 6.10 Å². The summed E-state index contributed by atoms with van der Waals surface area (Å²) in [4.78, 5) is 8.85. The standard InChI is InChI=1S/C14H25N3O/c1-6-17(11(2)10-16(4)5)14-13(12(3)18)8-7-9-15-14/h7-9,11-12,18H,6,10H2,1-5H3. The summed E-state index contributed by atoms with van der Waals surface area (Å²) in [5, 5.41) is 9.84. The summed E-state index contributed by atoms with van der Waals surface area (Å²) in [6, 6.07) is 4.17. The molecule has 102 valence electrons. The third-order valence-corrected chi connectivity index (χ3v) is 3.04. The molecule has 0 aromatic carbocycles. The van der Waals surface area contributed by atoms with E-state index in [1.54, 1.807) is 13.1 Å². The molecule has 0 aliphatic heterocycles. The highest BCUT2D eigenvalue weighted by Gasteiger charge is 2.19. The predicted molar refractivity (Wildman–Crippen MR) is 75.9 cm³/mol. The van der Waals surface area contributed by atoms with Crippen LogP contribution in [0, 0.1) is 0 Å². The first-order chi connectivity index (χ1) is 8.47. The van der Waals surface area contributed by atoms with Crippen LogP contribution in [0.3, 0.4) is 0 Å². The van der Waals surface area contributed by atoms with Crippen molar-refractivity contribution in [1.82, 2.24) is 9.88 Å². The Hall–Kier alpha value is -1.13. The maximum Gasteiger partial charge on any atom is 0.134 e. The fourth-order valence-electron chi connectivity index (χ4n) is 2.27. The molecule has 2 atom stereocenters. The molecule has 0 saturated heterocycles. The Bertz CT molecular complexity index is 366. The molecule has 1 heterocycles. The summed E-state index contributed by atoms with van der Waals surface area (Å²) in [7, 11) is 4.14. The van der Waals surface area contributed by atoms with Gasteiger partial charge in [-0.3, -0.25) is 0 Å². The summed E-state index contributed by atoms with van der Waals surface area (Å²) >= 11 is 0. The zero-order valence-corrected chi connectivity index (χ0v) is 12.1. The van der Waals surface area contributed by atoms with E-state index in [9.17, 15) is 5.11 Å². The molecule has 1 aromatic rings. The average Bonchev–Trinajstić information content (AvgIpc) is 2.29. The number of aliphatic hydroxyl groups excluding tert-OH is 1. The Morgan fingerprint density at radius 2 is 2.00 bits per heavy atom. The third kappa shape index (κ3) is 3.68. The van der Waals surface area contributed by atoms with Crippen molar-refractivity contribution in [2.24, 2.45) is 0 Å². The molecule has 0 fully saturated rings. The first-order valence-electron chi connectivity index (χ1n) is 6.51. The summed E-state index contributed by atoms with van der Waals surface area (Å²) in [5.74, 6) is 0.893. The van der Waals surface area contributed by atoms with Gasteiger partial charge < -0.3 is 14.9 Å². The van der Waals surface area contributed by atoms with E-state index in [4.69, 9.17) is 0 Å². The number of hydrogen-bond donors (Lipinski definition) is 1. The van der Waals surface area contributed by atoms with Crippen molar-refractivity contribution >= 4 is 5.82 Å². The van der Waals surface area contributed by atoms with E-state index in [1.807, 2.05) is 12.1 Å². The molecule has 0 spiro atoms. The van der Waals surface area contributed by atoms with E-state index < -0.39 is 6.10 Å². The molecule has 1 aromatic heterocycles. The van der Waals surface area contributed by atoms with E-state index in [0.717, 1.165) is 24.5 Å². The van der Waals surface area contributed by atoms with Crippen molar-refractivity contribution in [3.63, 3.8) is 0 Å². The predicted octanol–water partition coefficient (Wildman–Crippen LogP) is 1.91. The van der Waals surface area contributed by atoms with E-state index in [-0.39, 0.29) is 0 Å². The maximum absolute atomic E-state index is 9.84. The molecular weight excluding hydrogens is 226 g/mol. The minimum Gasteiger partial charge on any atom is -0.389 e. The van der Waals surface area contributed by atoms with Crippen molar-refractivity contribution < 1.29 is 5.11 Å². The number of aliphatic hydroxyl groups is 1. The van der Waals surface area contributed by atoms with E-state index >= 15 is 0 Å². The van der Waals surface area contributed by atoms with Crippen LogP contribution in [0.4, 0.5) is 5.82 Å². The Kier molecular flexibility index (Phi) is 5.56. The number of anilines is 1. The molecule has 2 unspecified atom stereocenters. The van der Waals surface area contributed by atoms with E-state index in [1.165, 1.54) is 0 Å². The highest BCUT2D eigenvalue weighted by Crippen LogP contribution is 2.25. The number of aromatic nitrogens is 1. The normalized spacial score (nSPS) is 14.6. The number of nitrogens with zero attached hydrogens (tertiary/aromatic N) is 3. The van der Waals surface area contributed by atoms with Gasteiger partial charge in [0.15, 0.2) is 0 Å². The summed E-state index contributed by atoms with van der Waals surface area (Å²) in [5.41, 5.74) is 0.893. The number of pyridine rings is 1. The van der Waals surface area contributed by atoms with Crippen LogP contribution < -0.4 is 4.90 Å². The van der Waals surface area contributed by atoms with Crippen molar-refractivity contribution in [2.75, 3.05) is 32.1 Å². The Morgan fingerprint density at radius 1 is 1.33 bits per heavy atom. The van der Waals surface area contributed by atoms with Gasteiger partial charge in [-0.2, -0.15) is 0 Å². The zero-order valence-electron chi connectivity index (χ0n) is 12.1. The molecule has 4 nitrogen and oxygen atoms in total. The van der Waals surface area contributed by atoms with Gasteiger partial charge in [-0.15, -0.1) is 0 Å². The van der Waals surface area contributed by atoms with Gasteiger partial charge in [0.2, 0.25) is 0 Å². The molecule has 0 aliphatic rings. The summed E-state index contributed by atoms with van der Waals surface area (Å²) in [6.45, 7) is 7.93. The monoisotopic (exact) mass is 251 g/mol. The molecule has 1 rings (SSSR count). The number of hydrogen-bond acceptors (Lipinski definition) is 4. The fraction of sp³-hybridized carbons (Fsp3) is 0.643. The van der Waals surface area contributed by atoms with E-state index in [2.05, 4.69) is 42.7 Å². The quantitative estimate of drug-likeness (QED) is 0.838. The van der Waals surface area contributed by atoms with Crippen molar-refractivity contribution in [2.45, 2.75) is 32.9 Å². The lowest BCUT2D eigenvalue weighted by Gasteiger charge is -2.32. The molecule has 18 heavy (non-hydrogen) atoms. The first kappa shape index (κ1) is 14.9. The van der Waals surface area contributed by atoms with Gasteiger partial charge in [-0.05, 0) is 40.9 Å². The van der Waals surface area contributed by atoms with Gasteiger partial charge in [-0.25, -0.2) is 4.98 Å². The number of likely N-dealkylation sites (N-methyl/N-ethyl adjacent to an activating group) is 2. The lowest BCUT2D eigenvalue weighted by Crippen LogP contribution is -2.41. The van der Waals surface area contributed by atoms with Gasteiger partial charge in [-0.1, -0.05) is 6.07 Å². The number of rotatable bonds is 6. The minimum atomic E-state index is -0.491. The first-order valence-corrected chi connectivity index (χ1v) is 6.51. The smallest absolute Gasteiger partial charge is 0.134 e. The lowest BCUT2D eigenvalue weighted by molar-refractivity contribution is 0.199.